The predicted molar refractivity (Wildman–Crippen MR) is 85.8 cm³/mol. The molecule has 2 nitrogen and oxygen atoms in total. The first-order valence-electron chi connectivity index (χ1n) is 8.85. The summed E-state index contributed by atoms with van der Waals surface area (Å²) >= 11 is 0. The van der Waals surface area contributed by atoms with Crippen molar-refractivity contribution in [3.8, 4) is 0 Å². The molecule has 0 aliphatic heterocycles. The average Bonchev–Trinajstić information content (AvgIpc) is 2.47. The van der Waals surface area contributed by atoms with Gasteiger partial charge in [0.05, 0.1) is 6.10 Å². The Morgan fingerprint density at radius 1 is 1.05 bits per heavy atom. The maximum Gasteiger partial charge on any atom is 0.0555 e. The van der Waals surface area contributed by atoms with Gasteiger partial charge in [-0.05, 0) is 50.5 Å². The number of aliphatic hydroxyl groups is 1. The second-order valence-corrected chi connectivity index (χ2v) is 7.94. The van der Waals surface area contributed by atoms with E-state index in [-0.39, 0.29) is 6.10 Å². The Morgan fingerprint density at radius 3 is 2.30 bits per heavy atom. The van der Waals surface area contributed by atoms with E-state index >= 15 is 0 Å². The first-order valence-corrected chi connectivity index (χ1v) is 8.85. The van der Waals surface area contributed by atoms with E-state index in [1.165, 1.54) is 44.9 Å². The van der Waals surface area contributed by atoms with Crippen LogP contribution in [0.3, 0.4) is 0 Å². The van der Waals surface area contributed by atoms with E-state index in [1.54, 1.807) is 0 Å². The smallest absolute Gasteiger partial charge is 0.0555 e. The quantitative estimate of drug-likeness (QED) is 0.834. The molecule has 0 aromatic heterocycles. The summed E-state index contributed by atoms with van der Waals surface area (Å²) < 4.78 is 0. The minimum Gasteiger partial charge on any atom is -0.393 e. The second-order valence-electron chi connectivity index (χ2n) is 7.94. The molecule has 0 radical (unpaired) electrons. The summed E-state index contributed by atoms with van der Waals surface area (Å²) in [5, 5.41) is 10.2. The lowest BCUT2D eigenvalue weighted by molar-refractivity contribution is -0.0284. The lowest BCUT2D eigenvalue weighted by Crippen LogP contribution is -2.52. The Balaban J connectivity index is 2.10. The fourth-order valence-corrected chi connectivity index (χ4v) is 4.51. The number of hydrogen-bond acceptors (Lipinski definition) is 2. The monoisotopic (exact) mass is 281 g/mol. The Bertz CT molecular complexity index is 296. The molecule has 2 aliphatic carbocycles. The zero-order valence-electron chi connectivity index (χ0n) is 14.1. The van der Waals surface area contributed by atoms with Crippen molar-refractivity contribution < 1.29 is 5.11 Å². The molecule has 2 fully saturated rings. The second kappa shape index (κ2) is 6.79. The van der Waals surface area contributed by atoms with E-state index in [4.69, 9.17) is 0 Å². The number of rotatable bonds is 4. The molecular formula is C18H35NO. The van der Waals surface area contributed by atoms with E-state index in [0.717, 1.165) is 24.8 Å². The third-order valence-electron chi connectivity index (χ3n) is 6.38. The molecule has 2 heteroatoms. The van der Waals surface area contributed by atoms with Gasteiger partial charge in [0, 0.05) is 12.1 Å². The van der Waals surface area contributed by atoms with Gasteiger partial charge in [-0.25, -0.2) is 0 Å². The molecule has 118 valence electrons. The average molecular weight is 281 g/mol. The van der Waals surface area contributed by atoms with Crippen molar-refractivity contribution in [1.29, 1.82) is 0 Å². The lowest BCUT2D eigenvalue weighted by Gasteiger charge is -2.49. The maximum atomic E-state index is 10.2. The van der Waals surface area contributed by atoms with Gasteiger partial charge in [-0.2, -0.15) is 0 Å². The van der Waals surface area contributed by atoms with Crippen LogP contribution in [-0.4, -0.2) is 35.2 Å². The highest BCUT2D eigenvalue weighted by atomic mass is 16.3. The summed E-state index contributed by atoms with van der Waals surface area (Å²) in [6, 6.07) is 1.34. The summed E-state index contributed by atoms with van der Waals surface area (Å²) in [6.07, 6.45) is 11.3. The van der Waals surface area contributed by atoms with Crippen LogP contribution in [0.5, 0.6) is 0 Å². The summed E-state index contributed by atoms with van der Waals surface area (Å²) in [5.41, 5.74) is 0.397. The van der Waals surface area contributed by atoms with E-state index in [2.05, 4.69) is 32.7 Å². The maximum absolute atomic E-state index is 10.2. The van der Waals surface area contributed by atoms with Gasteiger partial charge in [0.2, 0.25) is 0 Å². The van der Waals surface area contributed by atoms with Crippen LogP contribution in [0, 0.1) is 11.3 Å². The normalized spacial score (nSPS) is 33.6. The Kier molecular flexibility index (Phi) is 5.53. The summed E-state index contributed by atoms with van der Waals surface area (Å²) in [6.45, 7) is 7.18. The van der Waals surface area contributed by atoms with Crippen LogP contribution in [-0.2, 0) is 0 Å². The molecule has 1 N–H and O–H groups in total. The SMILES string of the molecule is CCC(C)(C)C1CCC(O)CC1N(C)C1CCCCC1. The Hall–Kier alpha value is -0.0800. The first-order chi connectivity index (χ1) is 9.45. The van der Waals surface area contributed by atoms with Crippen molar-refractivity contribution in [2.24, 2.45) is 11.3 Å². The largest absolute Gasteiger partial charge is 0.393 e. The molecule has 20 heavy (non-hydrogen) atoms. The first kappa shape index (κ1) is 16.3. The molecule has 2 rings (SSSR count). The zero-order chi connectivity index (χ0) is 14.8. The van der Waals surface area contributed by atoms with Crippen LogP contribution in [0.1, 0.15) is 78.6 Å². The van der Waals surface area contributed by atoms with E-state index in [9.17, 15) is 5.11 Å². The topological polar surface area (TPSA) is 23.5 Å². The van der Waals surface area contributed by atoms with E-state index in [1.807, 2.05) is 0 Å². The van der Waals surface area contributed by atoms with Crippen molar-refractivity contribution in [2.75, 3.05) is 7.05 Å². The molecule has 0 heterocycles. The third-order valence-corrected chi connectivity index (χ3v) is 6.38. The van der Waals surface area contributed by atoms with Crippen molar-refractivity contribution in [2.45, 2.75) is 96.7 Å². The van der Waals surface area contributed by atoms with Gasteiger partial charge in [-0.1, -0.05) is 46.5 Å². The van der Waals surface area contributed by atoms with Crippen LogP contribution in [0.25, 0.3) is 0 Å². The summed E-state index contributed by atoms with van der Waals surface area (Å²) in [7, 11) is 2.33. The van der Waals surface area contributed by atoms with E-state index < -0.39 is 0 Å². The Morgan fingerprint density at radius 2 is 1.70 bits per heavy atom. The highest BCUT2D eigenvalue weighted by Gasteiger charge is 2.41. The van der Waals surface area contributed by atoms with Crippen LogP contribution < -0.4 is 0 Å². The third kappa shape index (κ3) is 3.57. The fraction of sp³-hybridized carbons (Fsp3) is 1.00. The van der Waals surface area contributed by atoms with Gasteiger partial charge in [0.25, 0.3) is 0 Å². The van der Waals surface area contributed by atoms with E-state index in [0.29, 0.717) is 11.5 Å². The molecule has 0 bridgehead atoms. The van der Waals surface area contributed by atoms with Crippen LogP contribution in [0.15, 0.2) is 0 Å². The van der Waals surface area contributed by atoms with Crippen LogP contribution in [0.4, 0.5) is 0 Å². The van der Waals surface area contributed by atoms with Gasteiger partial charge in [0.15, 0.2) is 0 Å². The lowest BCUT2D eigenvalue weighted by atomic mass is 9.66. The molecule has 0 saturated heterocycles. The molecule has 3 atom stereocenters. The molecule has 0 amide bonds. The number of aliphatic hydroxyl groups excluding tert-OH is 1. The highest BCUT2D eigenvalue weighted by molar-refractivity contribution is 4.94. The standard InChI is InChI=1S/C18H35NO/c1-5-18(2,3)16-12-11-15(20)13-17(16)19(4)14-9-7-6-8-10-14/h14-17,20H,5-13H2,1-4H3. The van der Waals surface area contributed by atoms with Crippen molar-refractivity contribution >= 4 is 0 Å². The molecule has 2 saturated carbocycles. The minimum absolute atomic E-state index is 0.0741. The molecule has 3 unspecified atom stereocenters. The summed E-state index contributed by atoms with van der Waals surface area (Å²) in [4.78, 5) is 2.66. The Labute approximate surface area is 125 Å². The molecule has 0 aromatic rings. The molecular weight excluding hydrogens is 246 g/mol. The van der Waals surface area contributed by atoms with Crippen molar-refractivity contribution in [3.05, 3.63) is 0 Å². The zero-order valence-corrected chi connectivity index (χ0v) is 14.1. The molecule has 2 aliphatic rings. The summed E-state index contributed by atoms with van der Waals surface area (Å²) in [5.74, 6) is 0.739. The number of hydrogen-bond donors (Lipinski definition) is 1. The van der Waals surface area contributed by atoms with Gasteiger partial charge >= 0.3 is 0 Å². The van der Waals surface area contributed by atoms with Crippen LogP contribution in [0.2, 0.25) is 0 Å². The molecule has 0 spiro atoms. The van der Waals surface area contributed by atoms with Gasteiger partial charge < -0.3 is 10.0 Å². The predicted octanol–water partition coefficient (Wildman–Crippen LogP) is 4.22. The highest BCUT2D eigenvalue weighted by Crippen LogP contribution is 2.43. The fourth-order valence-electron chi connectivity index (χ4n) is 4.51. The van der Waals surface area contributed by atoms with Gasteiger partial charge in [-0.15, -0.1) is 0 Å². The molecule has 0 aromatic carbocycles. The van der Waals surface area contributed by atoms with Gasteiger partial charge in [-0.3, -0.25) is 0 Å². The van der Waals surface area contributed by atoms with Crippen LogP contribution >= 0.6 is 0 Å². The van der Waals surface area contributed by atoms with Crippen molar-refractivity contribution in [1.82, 2.24) is 4.90 Å². The van der Waals surface area contributed by atoms with Crippen molar-refractivity contribution in [3.63, 3.8) is 0 Å². The number of nitrogens with zero attached hydrogens (tertiary/aromatic N) is 1. The van der Waals surface area contributed by atoms with Gasteiger partial charge in [0.1, 0.15) is 0 Å². The minimum atomic E-state index is -0.0741.